The van der Waals surface area contributed by atoms with Crippen LogP contribution in [0.15, 0.2) is 52.9 Å². The fourth-order valence-corrected chi connectivity index (χ4v) is 2.68. The van der Waals surface area contributed by atoms with E-state index >= 15 is 0 Å². The first-order valence-electron chi connectivity index (χ1n) is 7.18. The Balaban J connectivity index is 2.06. The molecule has 1 unspecified atom stereocenters. The summed E-state index contributed by atoms with van der Waals surface area (Å²) in [4.78, 5) is 0. The number of hydrogen-bond donors (Lipinski definition) is 1. The van der Waals surface area contributed by atoms with Crippen molar-refractivity contribution in [3.63, 3.8) is 0 Å². The molecule has 3 rings (SSSR count). The van der Waals surface area contributed by atoms with Crippen LogP contribution in [0, 0.1) is 5.82 Å². The summed E-state index contributed by atoms with van der Waals surface area (Å²) >= 11 is 0. The van der Waals surface area contributed by atoms with Crippen LogP contribution in [0.1, 0.15) is 24.9 Å². The van der Waals surface area contributed by atoms with E-state index in [4.69, 9.17) is 4.42 Å². The Bertz CT molecular complexity index is 759. The van der Waals surface area contributed by atoms with Gasteiger partial charge in [0.2, 0.25) is 0 Å². The molecule has 0 radical (unpaired) electrons. The first kappa shape index (κ1) is 13.8. The van der Waals surface area contributed by atoms with Crippen molar-refractivity contribution >= 4 is 11.0 Å². The first-order valence-corrected chi connectivity index (χ1v) is 7.18. The Hall–Kier alpha value is -2.13. The summed E-state index contributed by atoms with van der Waals surface area (Å²) in [5.74, 6) is 0.375. The molecule has 0 saturated carbocycles. The van der Waals surface area contributed by atoms with Gasteiger partial charge in [0.05, 0.1) is 0 Å². The second kappa shape index (κ2) is 5.70. The lowest BCUT2D eigenvalue weighted by atomic mass is 10.0. The molecular weight excluding hydrogens is 265 g/mol. The summed E-state index contributed by atoms with van der Waals surface area (Å²) in [6.45, 7) is 2.14. The number of fused-ring (bicyclic) bond motifs is 1. The molecule has 3 heteroatoms. The number of benzene rings is 2. The third kappa shape index (κ3) is 2.57. The summed E-state index contributed by atoms with van der Waals surface area (Å²) in [6.07, 6.45) is 1.01. The van der Waals surface area contributed by atoms with E-state index in [1.165, 1.54) is 11.6 Å². The van der Waals surface area contributed by atoms with Crippen molar-refractivity contribution in [2.75, 3.05) is 7.05 Å². The van der Waals surface area contributed by atoms with Gasteiger partial charge in [-0.25, -0.2) is 4.39 Å². The Morgan fingerprint density at radius 3 is 2.67 bits per heavy atom. The minimum absolute atomic E-state index is 0.311. The van der Waals surface area contributed by atoms with Gasteiger partial charge in [-0.05, 0) is 37.2 Å². The predicted molar refractivity (Wildman–Crippen MR) is 83.7 cm³/mol. The quantitative estimate of drug-likeness (QED) is 0.736. The van der Waals surface area contributed by atoms with E-state index in [9.17, 15) is 4.39 Å². The average molecular weight is 283 g/mol. The molecule has 21 heavy (non-hydrogen) atoms. The van der Waals surface area contributed by atoms with E-state index in [1.807, 2.05) is 31.3 Å². The number of halogens is 1. The van der Waals surface area contributed by atoms with E-state index in [1.54, 1.807) is 6.07 Å². The maximum Gasteiger partial charge on any atom is 0.170 e. The molecule has 108 valence electrons. The molecular formula is C18H18FNO. The SMILES string of the molecule is CCC(NC)c1cccc(-c2cc3cccc(F)c3o2)c1. The first-order chi connectivity index (χ1) is 10.2. The summed E-state index contributed by atoms with van der Waals surface area (Å²) < 4.78 is 19.4. The van der Waals surface area contributed by atoms with E-state index in [-0.39, 0.29) is 5.82 Å². The molecule has 1 aromatic heterocycles. The Morgan fingerprint density at radius 1 is 1.14 bits per heavy atom. The van der Waals surface area contributed by atoms with Crippen LogP contribution >= 0.6 is 0 Å². The molecule has 0 aliphatic heterocycles. The van der Waals surface area contributed by atoms with Crippen LogP contribution in [-0.2, 0) is 0 Å². The molecule has 0 aliphatic carbocycles. The minimum Gasteiger partial charge on any atom is -0.453 e. The van der Waals surface area contributed by atoms with E-state index in [0.717, 1.165) is 17.4 Å². The highest BCUT2D eigenvalue weighted by molar-refractivity contribution is 5.83. The average Bonchev–Trinajstić information content (AvgIpc) is 2.95. The molecule has 0 bridgehead atoms. The molecule has 1 atom stereocenters. The van der Waals surface area contributed by atoms with Crippen LogP contribution in [0.2, 0.25) is 0 Å². The minimum atomic E-state index is -0.323. The number of rotatable bonds is 4. The second-order valence-electron chi connectivity index (χ2n) is 5.14. The molecule has 1 N–H and O–H groups in total. The maximum atomic E-state index is 13.7. The van der Waals surface area contributed by atoms with Gasteiger partial charge in [-0.1, -0.05) is 37.3 Å². The van der Waals surface area contributed by atoms with E-state index in [2.05, 4.69) is 24.4 Å². The van der Waals surface area contributed by atoms with Crippen molar-refractivity contribution in [2.45, 2.75) is 19.4 Å². The van der Waals surface area contributed by atoms with Gasteiger partial charge < -0.3 is 9.73 Å². The van der Waals surface area contributed by atoms with Crippen molar-refractivity contribution in [2.24, 2.45) is 0 Å². The van der Waals surface area contributed by atoms with Crippen molar-refractivity contribution in [1.29, 1.82) is 0 Å². The Kier molecular flexibility index (Phi) is 3.76. The zero-order valence-corrected chi connectivity index (χ0v) is 12.2. The lowest BCUT2D eigenvalue weighted by Crippen LogP contribution is -2.14. The van der Waals surface area contributed by atoms with Gasteiger partial charge in [-0.2, -0.15) is 0 Å². The summed E-state index contributed by atoms with van der Waals surface area (Å²) in [5.41, 5.74) is 2.49. The highest BCUT2D eigenvalue weighted by atomic mass is 19.1. The Labute approximate surface area is 123 Å². The van der Waals surface area contributed by atoms with Crippen LogP contribution in [0.3, 0.4) is 0 Å². The van der Waals surface area contributed by atoms with Crippen LogP contribution < -0.4 is 5.32 Å². The van der Waals surface area contributed by atoms with Gasteiger partial charge >= 0.3 is 0 Å². The number of nitrogens with one attached hydrogen (secondary N) is 1. The molecule has 0 saturated heterocycles. The third-order valence-corrected chi connectivity index (χ3v) is 3.83. The molecule has 3 aromatic rings. The molecule has 1 heterocycles. The van der Waals surface area contributed by atoms with Crippen molar-refractivity contribution in [3.05, 3.63) is 59.9 Å². The van der Waals surface area contributed by atoms with Crippen LogP contribution in [0.4, 0.5) is 4.39 Å². The molecule has 2 nitrogen and oxygen atoms in total. The van der Waals surface area contributed by atoms with Crippen molar-refractivity contribution in [1.82, 2.24) is 5.32 Å². The van der Waals surface area contributed by atoms with Crippen LogP contribution in [0.5, 0.6) is 0 Å². The largest absolute Gasteiger partial charge is 0.453 e. The van der Waals surface area contributed by atoms with E-state index in [0.29, 0.717) is 17.4 Å². The molecule has 2 aromatic carbocycles. The van der Waals surface area contributed by atoms with Gasteiger partial charge in [-0.15, -0.1) is 0 Å². The highest BCUT2D eigenvalue weighted by Crippen LogP contribution is 2.30. The van der Waals surface area contributed by atoms with Gasteiger partial charge in [0.15, 0.2) is 11.4 Å². The summed E-state index contributed by atoms with van der Waals surface area (Å²) in [7, 11) is 1.96. The topological polar surface area (TPSA) is 25.2 Å². The zero-order valence-electron chi connectivity index (χ0n) is 12.2. The van der Waals surface area contributed by atoms with Crippen LogP contribution in [-0.4, -0.2) is 7.05 Å². The second-order valence-corrected chi connectivity index (χ2v) is 5.14. The standard InChI is InChI=1S/C18H18FNO/c1-3-16(20-2)12-6-4-7-13(10-12)17-11-14-8-5-9-15(19)18(14)21-17/h4-11,16,20H,3H2,1-2H3. The molecule has 0 spiro atoms. The van der Waals surface area contributed by atoms with Gasteiger partial charge in [0.25, 0.3) is 0 Å². The van der Waals surface area contributed by atoms with Gasteiger partial charge in [0, 0.05) is 17.0 Å². The van der Waals surface area contributed by atoms with Gasteiger partial charge in [0.1, 0.15) is 5.76 Å². The van der Waals surface area contributed by atoms with E-state index < -0.39 is 0 Å². The number of hydrogen-bond acceptors (Lipinski definition) is 2. The lowest BCUT2D eigenvalue weighted by Gasteiger charge is -2.14. The summed E-state index contributed by atoms with van der Waals surface area (Å²) in [6, 6.07) is 15.4. The lowest BCUT2D eigenvalue weighted by molar-refractivity contribution is 0.567. The molecule has 0 fully saturated rings. The fourth-order valence-electron chi connectivity index (χ4n) is 2.68. The van der Waals surface area contributed by atoms with Crippen molar-refractivity contribution < 1.29 is 8.81 Å². The summed E-state index contributed by atoms with van der Waals surface area (Å²) in [5, 5.41) is 4.08. The van der Waals surface area contributed by atoms with Crippen LogP contribution in [0.25, 0.3) is 22.3 Å². The highest BCUT2D eigenvalue weighted by Gasteiger charge is 2.12. The predicted octanol–water partition coefficient (Wildman–Crippen LogP) is 4.91. The molecule has 0 aliphatic rings. The zero-order chi connectivity index (χ0) is 14.8. The number of para-hydroxylation sites is 1. The van der Waals surface area contributed by atoms with Crippen molar-refractivity contribution in [3.8, 4) is 11.3 Å². The normalized spacial score (nSPS) is 12.7. The monoisotopic (exact) mass is 283 g/mol. The smallest absolute Gasteiger partial charge is 0.170 e. The number of furan rings is 1. The molecule has 0 amide bonds. The Morgan fingerprint density at radius 2 is 1.95 bits per heavy atom. The van der Waals surface area contributed by atoms with Gasteiger partial charge in [-0.3, -0.25) is 0 Å². The maximum absolute atomic E-state index is 13.7. The fraction of sp³-hybridized carbons (Fsp3) is 0.222. The third-order valence-electron chi connectivity index (χ3n) is 3.83.